The first kappa shape index (κ1) is 31.1. The predicted molar refractivity (Wildman–Crippen MR) is 156 cm³/mol. The molecule has 1 N–H and O–H groups in total. The molecule has 0 amide bonds. The molecule has 1 aromatic carbocycles. The second kappa shape index (κ2) is 23.7. The third kappa shape index (κ3) is 19.3. The molecule has 0 bridgehead atoms. The number of rotatable bonds is 25. The first-order valence-electron chi connectivity index (χ1n) is 15.6. The second-order valence-corrected chi connectivity index (χ2v) is 11.1. The van der Waals surface area contributed by atoms with Crippen LogP contribution in [0.4, 0.5) is 5.69 Å². The Morgan fingerprint density at radius 3 is 1.35 bits per heavy atom. The maximum absolute atomic E-state index is 3.70. The minimum absolute atomic E-state index is 0.566. The fourth-order valence-electron chi connectivity index (χ4n) is 5.30. The molecule has 0 saturated heterocycles. The summed E-state index contributed by atoms with van der Waals surface area (Å²) in [5.41, 5.74) is 1.27. The molecule has 0 radical (unpaired) electrons. The van der Waals surface area contributed by atoms with Crippen molar-refractivity contribution >= 4 is 5.69 Å². The fraction of sp³-hybridized carbons (Fsp3) is 0.818. The van der Waals surface area contributed by atoms with Crippen molar-refractivity contribution in [3.8, 4) is 0 Å². The minimum Gasteiger partial charge on any atom is -0.383 e. The van der Waals surface area contributed by atoms with Crippen LogP contribution in [-0.2, 0) is 0 Å². The van der Waals surface area contributed by atoms with Crippen molar-refractivity contribution in [2.45, 2.75) is 168 Å². The van der Waals surface area contributed by atoms with Crippen LogP contribution in [0.15, 0.2) is 30.3 Å². The molecule has 0 saturated carbocycles. The van der Waals surface area contributed by atoms with Gasteiger partial charge in [-0.05, 0) is 37.8 Å². The molecule has 0 aliphatic rings. The number of nitrogens with one attached hydrogen (secondary N) is 1. The zero-order valence-electron chi connectivity index (χ0n) is 23.6. The van der Waals surface area contributed by atoms with Crippen LogP contribution in [0.25, 0.3) is 0 Å². The van der Waals surface area contributed by atoms with Crippen LogP contribution in [0.3, 0.4) is 0 Å². The van der Waals surface area contributed by atoms with Gasteiger partial charge in [-0.3, -0.25) is 0 Å². The number of unbranched alkanes of at least 4 members (excludes halogenated alkanes) is 16. The Morgan fingerprint density at radius 2 is 0.912 bits per heavy atom. The fourth-order valence-corrected chi connectivity index (χ4v) is 5.30. The lowest BCUT2D eigenvalue weighted by Crippen LogP contribution is -2.16. The molecule has 0 aliphatic heterocycles. The van der Waals surface area contributed by atoms with E-state index in [9.17, 15) is 0 Å². The Balaban J connectivity index is 2.16. The molecular formula is C33H61N. The molecule has 0 aliphatic carbocycles. The molecule has 1 aromatic rings. The first-order chi connectivity index (χ1) is 16.8. The van der Waals surface area contributed by atoms with E-state index < -0.39 is 0 Å². The molecule has 2 atom stereocenters. The van der Waals surface area contributed by atoms with Gasteiger partial charge < -0.3 is 5.32 Å². The monoisotopic (exact) mass is 471 g/mol. The van der Waals surface area contributed by atoms with Gasteiger partial charge in [0.05, 0.1) is 0 Å². The molecule has 1 heteroatoms. The summed E-state index contributed by atoms with van der Waals surface area (Å²) in [5, 5.41) is 3.70. The van der Waals surface area contributed by atoms with Crippen molar-refractivity contribution in [1.82, 2.24) is 0 Å². The van der Waals surface area contributed by atoms with Gasteiger partial charge in [0, 0.05) is 11.7 Å². The van der Waals surface area contributed by atoms with Crippen LogP contribution in [0, 0.1) is 5.92 Å². The smallest absolute Gasteiger partial charge is 0.0342 e. The Kier molecular flexibility index (Phi) is 21.7. The van der Waals surface area contributed by atoms with Gasteiger partial charge >= 0.3 is 0 Å². The molecule has 0 heterocycles. The van der Waals surface area contributed by atoms with Gasteiger partial charge in [-0.2, -0.15) is 0 Å². The van der Waals surface area contributed by atoms with Crippen LogP contribution in [-0.4, -0.2) is 6.04 Å². The van der Waals surface area contributed by atoms with Gasteiger partial charge in [0.15, 0.2) is 0 Å². The minimum atomic E-state index is 0.566. The van der Waals surface area contributed by atoms with Gasteiger partial charge in [0.25, 0.3) is 0 Å². The highest BCUT2D eigenvalue weighted by molar-refractivity contribution is 5.43. The average Bonchev–Trinajstić information content (AvgIpc) is 2.85. The van der Waals surface area contributed by atoms with E-state index in [-0.39, 0.29) is 0 Å². The van der Waals surface area contributed by atoms with Crippen LogP contribution in [0.5, 0.6) is 0 Å². The van der Waals surface area contributed by atoms with E-state index in [0.717, 1.165) is 5.92 Å². The Bertz CT molecular complexity index is 511. The predicted octanol–water partition coefficient (Wildman–Crippen LogP) is 11.7. The summed E-state index contributed by atoms with van der Waals surface area (Å²) in [6.07, 6.45) is 31.6. The summed E-state index contributed by atoms with van der Waals surface area (Å²) in [6.45, 7) is 6.98. The molecule has 2 unspecified atom stereocenters. The Hall–Kier alpha value is -0.980. The zero-order valence-corrected chi connectivity index (χ0v) is 23.6. The molecule has 198 valence electrons. The van der Waals surface area contributed by atoms with Crippen molar-refractivity contribution in [1.29, 1.82) is 0 Å². The normalized spacial score (nSPS) is 13.1. The van der Waals surface area contributed by atoms with E-state index in [4.69, 9.17) is 0 Å². The standard InChI is InChI=1S/C33H61N/c1-4-6-8-10-12-13-14-15-16-17-19-22-26-32(25-21-18-11-9-7-5-2)30-29-31(3)34-33-27-23-20-24-28-33/h20,23-24,27-28,31-32,34H,4-19,21-22,25-26,29-30H2,1-3H3. The van der Waals surface area contributed by atoms with Crippen LogP contribution >= 0.6 is 0 Å². The lowest BCUT2D eigenvalue weighted by atomic mass is 9.89. The summed E-state index contributed by atoms with van der Waals surface area (Å²) in [6, 6.07) is 11.3. The third-order valence-electron chi connectivity index (χ3n) is 7.63. The zero-order chi connectivity index (χ0) is 24.5. The third-order valence-corrected chi connectivity index (χ3v) is 7.63. The first-order valence-corrected chi connectivity index (χ1v) is 15.6. The van der Waals surface area contributed by atoms with Crippen molar-refractivity contribution in [2.24, 2.45) is 5.92 Å². The van der Waals surface area contributed by atoms with E-state index in [0.29, 0.717) is 6.04 Å². The Labute approximate surface area is 215 Å². The van der Waals surface area contributed by atoms with Gasteiger partial charge in [-0.15, -0.1) is 0 Å². The summed E-state index contributed by atoms with van der Waals surface area (Å²) in [4.78, 5) is 0. The summed E-state index contributed by atoms with van der Waals surface area (Å²) >= 11 is 0. The summed E-state index contributed by atoms with van der Waals surface area (Å²) in [5.74, 6) is 0.939. The van der Waals surface area contributed by atoms with Gasteiger partial charge in [-0.1, -0.05) is 160 Å². The summed E-state index contributed by atoms with van der Waals surface area (Å²) < 4.78 is 0. The molecule has 0 fully saturated rings. The largest absolute Gasteiger partial charge is 0.383 e. The van der Waals surface area contributed by atoms with Gasteiger partial charge in [-0.25, -0.2) is 0 Å². The van der Waals surface area contributed by atoms with Crippen LogP contribution in [0.2, 0.25) is 0 Å². The van der Waals surface area contributed by atoms with Crippen LogP contribution < -0.4 is 5.32 Å². The lowest BCUT2D eigenvalue weighted by Gasteiger charge is -2.21. The molecule has 1 nitrogen and oxygen atoms in total. The van der Waals surface area contributed by atoms with Crippen molar-refractivity contribution in [2.75, 3.05) is 5.32 Å². The maximum atomic E-state index is 3.70. The number of hydrogen-bond donors (Lipinski definition) is 1. The molecular weight excluding hydrogens is 410 g/mol. The highest BCUT2D eigenvalue weighted by atomic mass is 14.9. The van der Waals surface area contributed by atoms with E-state index in [1.807, 2.05) is 0 Å². The van der Waals surface area contributed by atoms with Crippen molar-refractivity contribution < 1.29 is 0 Å². The molecule has 0 aromatic heterocycles. The topological polar surface area (TPSA) is 12.0 Å². The molecule has 0 spiro atoms. The molecule has 1 rings (SSSR count). The average molecular weight is 472 g/mol. The van der Waals surface area contributed by atoms with Crippen molar-refractivity contribution in [3.63, 3.8) is 0 Å². The van der Waals surface area contributed by atoms with Crippen LogP contribution in [0.1, 0.15) is 162 Å². The maximum Gasteiger partial charge on any atom is 0.0342 e. The van der Waals surface area contributed by atoms with E-state index in [1.54, 1.807) is 0 Å². The molecule has 34 heavy (non-hydrogen) atoms. The second-order valence-electron chi connectivity index (χ2n) is 11.1. The number of para-hydroxylation sites is 1. The lowest BCUT2D eigenvalue weighted by molar-refractivity contribution is 0.366. The van der Waals surface area contributed by atoms with Crippen molar-refractivity contribution in [3.05, 3.63) is 30.3 Å². The SMILES string of the molecule is CCCCCCCCCCCCCCC(CCCCCCCC)CCC(C)Nc1ccccc1. The number of anilines is 1. The van der Waals surface area contributed by atoms with E-state index >= 15 is 0 Å². The quantitative estimate of drug-likeness (QED) is 0.140. The Morgan fingerprint density at radius 1 is 0.500 bits per heavy atom. The van der Waals surface area contributed by atoms with Gasteiger partial charge in [0.2, 0.25) is 0 Å². The number of benzene rings is 1. The number of hydrogen-bond acceptors (Lipinski definition) is 1. The van der Waals surface area contributed by atoms with E-state index in [2.05, 4.69) is 56.4 Å². The highest BCUT2D eigenvalue weighted by Gasteiger charge is 2.11. The highest BCUT2D eigenvalue weighted by Crippen LogP contribution is 2.25. The summed E-state index contributed by atoms with van der Waals surface area (Å²) in [7, 11) is 0. The van der Waals surface area contributed by atoms with E-state index in [1.165, 1.54) is 147 Å². The van der Waals surface area contributed by atoms with Gasteiger partial charge in [0.1, 0.15) is 0 Å².